The Bertz CT molecular complexity index is 436. The van der Waals surface area contributed by atoms with Crippen LogP contribution in [0.15, 0.2) is 0 Å². The summed E-state index contributed by atoms with van der Waals surface area (Å²) in [6.07, 6.45) is 7.13. The van der Waals surface area contributed by atoms with Gasteiger partial charge in [-0.1, -0.05) is 5.92 Å². The number of ether oxygens (including phenoxy) is 1. The molecule has 17 heavy (non-hydrogen) atoms. The fourth-order valence-electron chi connectivity index (χ4n) is 1.66. The quantitative estimate of drug-likeness (QED) is 0.764. The topological polar surface area (TPSA) is 77.2 Å². The number of hydrogen-bond acceptors (Lipinski definition) is 6. The maximum Gasteiger partial charge on any atom is 0.324 e. The number of aromatic nitrogens is 3. The molecule has 2 N–H and O–H groups in total. The number of terminal acetylenes is 1. The van der Waals surface area contributed by atoms with E-state index in [-0.39, 0.29) is 18.1 Å². The van der Waals surface area contributed by atoms with Crippen molar-refractivity contribution in [2.75, 3.05) is 23.7 Å². The van der Waals surface area contributed by atoms with Gasteiger partial charge in [0.05, 0.1) is 0 Å². The zero-order valence-corrected chi connectivity index (χ0v) is 9.76. The molecule has 2 heterocycles. The van der Waals surface area contributed by atoms with E-state index in [1.54, 1.807) is 6.92 Å². The molecule has 90 valence electrons. The van der Waals surface area contributed by atoms with Gasteiger partial charge in [-0.15, -0.1) is 6.42 Å². The van der Waals surface area contributed by atoms with Gasteiger partial charge in [0.25, 0.3) is 0 Å². The van der Waals surface area contributed by atoms with Crippen molar-refractivity contribution in [1.29, 1.82) is 0 Å². The third-order valence-corrected chi connectivity index (χ3v) is 2.53. The van der Waals surface area contributed by atoms with Crippen LogP contribution in [0, 0.1) is 12.3 Å². The number of hydrogen-bond donors (Lipinski definition) is 1. The number of nitrogen functional groups attached to an aromatic ring is 1. The smallest absolute Gasteiger partial charge is 0.324 e. The predicted molar refractivity (Wildman–Crippen MR) is 64.6 cm³/mol. The lowest BCUT2D eigenvalue weighted by Gasteiger charge is -2.16. The lowest BCUT2D eigenvalue weighted by molar-refractivity contribution is 0.256. The highest BCUT2D eigenvalue weighted by Crippen LogP contribution is 2.18. The highest BCUT2D eigenvalue weighted by molar-refractivity contribution is 5.36. The Balaban J connectivity index is 2.20. The Morgan fingerprint density at radius 1 is 1.35 bits per heavy atom. The molecule has 6 heteroatoms. The van der Waals surface area contributed by atoms with E-state index in [2.05, 4.69) is 25.8 Å². The molecule has 1 aliphatic heterocycles. The largest absolute Gasteiger partial charge is 0.447 e. The van der Waals surface area contributed by atoms with Crippen molar-refractivity contribution in [1.82, 2.24) is 15.0 Å². The van der Waals surface area contributed by atoms with Crippen LogP contribution in [0.3, 0.4) is 0 Å². The third kappa shape index (κ3) is 2.75. The monoisotopic (exact) mass is 233 g/mol. The first-order chi connectivity index (χ1) is 8.19. The van der Waals surface area contributed by atoms with Crippen LogP contribution in [0.25, 0.3) is 0 Å². The van der Waals surface area contributed by atoms with Gasteiger partial charge < -0.3 is 15.4 Å². The molecule has 0 bridgehead atoms. The van der Waals surface area contributed by atoms with E-state index in [1.807, 2.05) is 0 Å². The summed E-state index contributed by atoms with van der Waals surface area (Å²) in [7, 11) is 0. The van der Waals surface area contributed by atoms with Crippen LogP contribution in [0.2, 0.25) is 0 Å². The summed E-state index contributed by atoms with van der Waals surface area (Å²) in [4.78, 5) is 14.3. The molecule has 0 spiro atoms. The summed E-state index contributed by atoms with van der Waals surface area (Å²) < 4.78 is 5.34. The first kappa shape index (κ1) is 11.5. The van der Waals surface area contributed by atoms with Gasteiger partial charge in [0.15, 0.2) is 6.10 Å². The Labute approximate surface area is 100 Å². The summed E-state index contributed by atoms with van der Waals surface area (Å²) >= 11 is 0. The van der Waals surface area contributed by atoms with Crippen LogP contribution in [0.5, 0.6) is 6.01 Å². The van der Waals surface area contributed by atoms with Gasteiger partial charge in [0.1, 0.15) is 0 Å². The molecule has 1 atom stereocenters. The molecule has 1 aromatic heterocycles. The van der Waals surface area contributed by atoms with E-state index >= 15 is 0 Å². The molecular weight excluding hydrogens is 218 g/mol. The third-order valence-electron chi connectivity index (χ3n) is 2.53. The minimum absolute atomic E-state index is 0.154. The average Bonchev–Trinajstić information content (AvgIpc) is 2.81. The molecule has 1 aliphatic rings. The van der Waals surface area contributed by atoms with Crippen molar-refractivity contribution in [3.8, 4) is 18.4 Å². The highest BCUT2D eigenvalue weighted by atomic mass is 16.5. The molecule has 0 saturated carbocycles. The van der Waals surface area contributed by atoms with Crippen LogP contribution in [0.4, 0.5) is 11.9 Å². The van der Waals surface area contributed by atoms with Crippen LogP contribution in [-0.4, -0.2) is 34.1 Å². The second kappa shape index (κ2) is 4.87. The van der Waals surface area contributed by atoms with Gasteiger partial charge in [-0.05, 0) is 19.8 Å². The Morgan fingerprint density at radius 3 is 2.71 bits per heavy atom. The van der Waals surface area contributed by atoms with Crippen LogP contribution >= 0.6 is 0 Å². The summed E-state index contributed by atoms with van der Waals surface area (Å²) in [6, 6.07) is 0.185. The van der Waals surface area contributed by atoms with E-state index in [9.17, 15) is 0 Å². The number of nitrogens with zero attached hydrogens (tertiary/aromatic N) is 4. The molecule has 2 rings (SSSR count). The van der Waals surface area contributed by atoms with Gasteiger partial charge in [0, 0.05) is 13.1 Å². The molecule has 1 saturated heterocycles. The van der Waals surface area contributed by atoms with Crippen LogP contribution < -0.4 is 15.4 Å². The van der Waals surface area contributed by atoms with E-state index in [4.69, 9.17) is 16.9 Å². The number of nitrogens with two attached hydrogens (primary N) is 1. The number of rotatable bonds is 3. The van der Waals surface area contributed by atoms with Gasteiger partial charge in [-0.25, -0.2) is 0 Å². The summed E-state index contributed by atoms with van der Waals surface area (Å²) in [5.41, 5.74) is 5.62. The molecule has 0 aliphatic carbocycles. The van der Waals surface area contributed by atoms with Crippen molar-refractivity contribution in [2.24, 2.45) is 0 Å². The molecule has 1 fully saturated rings. The second-order valence-corrected chi connectivity index (χ2v) is 3.90. The zero-order valence-electron chi connectivity index (χ0n) is 9.76. The molecule has 0 amide bonds. The first-order valence-electron chi connectivity index (χ1n) is 5.58. The van der Waals surface area contributed by atoms with Crippen molar-refractivity contribution in [2.45, 2.75) is 25.9 Å². The summed E-state index contributed by atoms with van der Waals surface area (Å²) in [6.45, 7) is 3.62. The molecule has 1 aromatic rings. The van der Waals surface area contributed by atoms with E-state index in [1.165, 1.54) is 0 Å². The molecular formula is C11H15N5O. The van der Waals surface area contributed by atoms with Gasteiger partial charge in [0.2, 0.25) is 11.9 Å². The number of anilines is 2. The molecule has 0 radical (unpaired) electrons. The maximum atomic E-state index is 5.62. The molecule has 0 aromatic carbocycles. The van der Waals surface area contributed by atoms with Gasteiger partial charge >= 0.3 is 6.01 Å². The lowest BCUT2D eigenvalue weighted by Crippen LogP contribution is -2.22. The fraction of sp³-hybridized carbons (Fsp3) is 0.545. The second-order valence-electron chi connectivity index (χ2n) is 3.90. The molecule has 6 nitrogen and oxygen atoms in total. The minimum Gasteiger partial charge on any atom is -0.447 e. The minimum atomic E-state index is -0.386. The van der Waals surface area contributed by atoms with E-state index < -0.39 is 0 Å². The van der Waals surface area contributed by atoms with Crippen molar-refractivity contribution < 1.29 is 4.74 Å². The Morgan fingerprint density at radius 2 is 2.06 bits per heavy atom. The van der Waals surface area contributed by atoms with Crippen molar-refractivity contribution in [3.05, 3.63) is 0 Å². The highest BCUT2D eigenvalue weighted by Gasteiger charge is 2.17. The summed E-state index contributed by atoms with van der Waals surface area (Å²) in [5.74, 6) is 3.16. The van der Waals surface area contributed by atoms with Gasteiger partial charge in [-0.2, -0.15) is 15.0 Å². The predicted octanol–water partition coefficient (Wildman–Crippen LogP) is 0.454. The van der Waals surface area contributed by atoms with E-state index in [0.717, 1.165) is 25.9 Å². The standard InChI is InChI=1S/C11H15N5O/c1-3-8(2)17-11-14-9(12)13-10(15-11)16-6-4-5-7-16/h1,8H,4-7H2,2H3,(H2,12,13,14,15). The van der Waals surface area contributed by atoms with Crippen LogP contribution in [-0.2, 0) is 0 Å². The van der Waals surface area contributed by atoms with Crippen LogP contribution in [0.1, 0.15) is 19.8 Å². The maximum absolute atomic E-state index is 5.62. The van der Waals surface area contributed by atoms with Crippen molar-refractivity contribution in [3.63, 3.8) is 0 Å². The Kier molecular flexibility index (Phi) is 3.28. The Hall–Kier alpha value is -2.03. The first-order valence-corrected chi connectivity index (χ1v) is 5.58. The zero-order chi connectivity index (χ0) is 12.3. The average molecular weight is 233 g/mol. The normalized spacial score (nSPS) is 16.6. The van der Waals surface area contributed by atoms with Gasteiger partial charge in [-0.3, -0.25) is 0 Å². The van der Waals surface area contributed by atoms with Crippen molar-refractivity contribution >= 4 is 11.9 Å². The molecule has 1 unspecified atom stereocenters. The summed E-state index contributed by atoms with van der Waals surface area (Å²) in [5, 5.41) is 0. The SMILES string of the molecule is C#CC(C)Oc1nc(N)nc(N2CCCC2)n1. The van der Waals surface area contributed by atoms with E-state index in [0.29, 0.717) is 5.95 Å². The fourth-order valence-corrected chi connectivity index (χ4v) is 1.66. The lowest BCUT2D eigenvalue weighted by atomic mass is 10.4.